The summed E-state index contributed by atoms with van der Waals surface area (Å²) < 4.78 is 12.9. The summed E-state index contributed by atoms with van der Waals surface area (Å²) in [4.78, 5) is 13.2. The molecule has 0 radical (unpaired) electrons. The molecule has 0 aliphatic carbocycles. The van der Waals surface area contributed by atoms with Gasteiger partial charge in [-0.2, -0.15) is 5.10 Å². The van der Waals surface area contributed by atoms with E-state index in [0.717, 1.165) is 32.1 Å². The highest BCUT2D eigenvalue weighted by molar-refractivity contribution is 5.76. The van der Waals surface area contributed by atoms with E-state index in [-0.39, 0.29) is 12.3 Å². The predicted octanol–water partition coefficient (Wildman–Crippen LogP) is 8.94. The summed E-state index contributed by atoms with van der Waals surface area (Å²) in [6.07, 6.45) is 28.1. The Bertz CT molecular complexity index is 1430. The van der Waals surface area contributed by atoms with Gasteiger partial charge in [0, 0.05) is 24.7 Å². The number of amides is 1. The van der Waals surface area contributed by atoms with Gasteiger partial charge < -0.3 is 45.4 Å². The van der Waals surface area contributed by atoms with Crippen molar-refractivity contribution in [1.29, 1.82) is 0 Å². The monoisotopic (exact) mass is 902 g/mol. The van der Waals surface area contributed by atoms with E-state index in [9.17, 15) is 35.4 Å². The standard InChI is InChI=1S/C52H91N3O9/c1-3-5-7-8-9-10-11-12-13-14-15-16-17-18-19-20-21-22-23-24-25-26-28-30-46(57)54-44(40-63-52-51(62)50(61)49(60)45(39-56)64-52)48(59)47(58)43-37-53-55(38-43)36-35-42-33-31-41(32-34-42)29-27-6-4-2/h31-34,37-38,44-45,47-52,56,58-62H,3-30,35-36,39-40H2,1-2H3,(H,54,57)/t44-,45+,47+,48-,49-,50-,51+,52-/m0/s1. The second-order valence-corrected chi connectivity index (χ2v) is 18.7. The van der Waals surface area contributed by atoms with Gasteiger partial charge in [-0.25, -0.2) is 0 Å². The van der Waals surface area contributed by atoms with Gasteiger partial charge in [-0.15, -0.1) is 0 Å². The summed E-state index contributed by atoms with van der Waals surface area (Å²) in [5.74, 6) is -0.316. The molecule has 8 atom stereocenters. The molecule has 1 aliphatic heterocycles. The molecule has 1 aromatic heterocycles. The molecule has 1 saturated heterocycles. The van der Waals surface area contributed by atoms with Gasteiger partial charge >= 0.3 is 0 Å². The SMILES string of the molecule is CCCCCCCCCCCCCCCCCCCCCCCCCC(=O)N[C@@H](CO[C@H]1O[C@H](CO)[C@H](O)[C@H](O)[C@H]1O)[C@H](O)[C@H](O)c1cnn(CCc2ccc(CCCCC)cc2)c1. The highest BCUT2D eigenvalue weighted by atomic mass is 16.7. The van der Waals surface area contributed by atoms with Crippen LogP contribution in [0, 0.1) is 0 Å². The molecule has 2 aromatic rings. The van der Waals surface area contributed by atoms with Gasteiger partial charge in [0.25, 0.3) is 0 Å². The molecule has 12 heteroatoms. The van der Waals surface area contributed by atoms with Gasteiger partial charge in [-0.1, -0.05) is 192 Å². The normalized spacial score (nSPS) is 20.3. The molecule has 1 amide bonds. The van der Waals surface area contributed by atoms with E-state index in [2.05, 4.69) is 48.5 Å². The Balaban J connectivity index is 1.34. The summed E-state index contributed by atoms with van der Waals surface area (Å²) in [7, 11) is 0. The van der Waals surface area contributed by atoms with Crippen LogP contribution in [-0.4, -0.2) is 102 Å². The van der Waals surface area contributed by atoms with E-state index in [4.69, 9.17) is 9.47 Å². The van der Waals surface area contributed by atoms with Crippen LogP contribution in [0.3, 0.4) is 0 Å². The van der Waals surface area contributed by atoms with Crippen molar-refractivity contribution < 1.29 is 44.9 Å². The lowest BCUT2D eigenvalue weighted by atomic mass is 9.99. The number of benzene rings is 1. The fourth-order valence-corrected chi connectivity index (χ4v) is 8.75. The van der Waals surface area contributed by atoms with Crippen molar-refractivity contribution in [1.82, 2.24) is 15.1 Å². The van der Waals surface area contributed by atoms with Gasteiger partial charge in [0.05, 0.1) is 25.5 Å². The average molecular weight is 902 g/mol. The fraction of sp³-hybridized carbons (Fsp3) is 0.808. The molecule has 3 rings (SSSR count). The van der Waals surface area contributed by atoms with Gasteiger partial charge in [0.2, 0.25) is 5.91 Å². The van der Waals surface area contributed by atoms with Crippen LogP contribution in [0.1, 0.15) is 210 Å². The van der Waals surface area contributed by atoms with Gasteiger partial charge in [-0.05, 0) is 36.8 Å². The maximum atomic E-state index is 13.2. The lowest BCUT2D eigenvalue weighted by Crippen LogP contribution is -2.60. The molecule has 0 bridgehead atoms. The largest absolute Gasteiger partial charge is 0.394 e. The van der Waals surface area contributed by atoms with Gasteiger partial charge in [0.15, 0.2) is 6.29 Å². The zero-order valence-electron chi connectivity index (χ0n) is 40.0. The first-order valence-corrected chi connectivity index (χ1v) is 25.9. The van der Waals surface area contributed by atoms with Crippen LogP contribution in [0.2, 0.25) is 0 Å². The first kappa shape index (κ1) is 55.9. The Kier molecular flexibility index (Phi) is 30.4. The molecule has 64 heavy (non-hydrogen) atoms. The first-order chi connectivity index (χ1) is 31.2. The molecule has 1 fully saturated rings. The average Bonchev–Trinajstić information content (AvgIpc) is 3.79. The maximum Gasteiger partial charge on any atom is 0.220 e. The molecular weight excluding hydrogens is 811 g/mol. The molecule has 0 unspecified atom stereocenters. The van der Waals surface area contributed by atoms with E-state index in [0.29, 0.717) is 18.5 Å². The molecular formula is C52H91N3O9. The number of carbonyl (C=O) groups excluding carboxylic acids is 1. The third-order valence-corrected chi connectivity index (χ3v) is 13.1. The summed E-state index contributed by atoms with van der Waals surface area (Å²) in [5, 5.41) is 70.5. The topological polar surface area (TPSA) is 187 Å². The number of aliphatic hydroxyl groups is 6. The van der Waals surface area contributed by atoms with Crippen molar-refractivity contribution in [2.75, 3.05) is 13.2 Å². The number of aliphatic hydroxyl groups excluding tert-OH is 6. The summed E-state index contributed by atoms with van der Waals surface area (Å²) in [6, 6.07) is 7.49. The van der Waals surface area contributed by atoms with Crippen LogP contribution in [0.5, 0.6) is 0 Å². The number of unbranched alkanes of at least 4 members (excludes halogenated alkanes) is 24. The number of aryl methyl sites for hydroxylation is 3. The van der Waals surface area contributed by atoms with Crippen molar-refractivity contribution in [2.45, 2.75) is 256 Å². The van der Waals surface area contributed by atoms with E-state index in [1.165, 1.54) is 159 Å². The first-order valence-electron chi connectivity index (χ1n) is 25.9. The van der Waals surface area contributed by atoms with Crippen LogP contribution in [-0.2, 0) is 33.7 Å². The smallest absolute Gasteiger partial charge is 0.220 e. The molecule has 1 aliphatic rings. The number of carbonyl (C=O) groups is 1. The number of hydrogen-bond acceptors (Lipinski definition) is 10. The minimum Gasteiger partial charge on any atom is -0.394 e. The number of ether oxygens (including phenoxy) is 2. The van der Waals surface area contributed by atoms with Crippen molar-refractivity contribution in [2.24, 2.45) is 0 Å². The molecule has 12 nitrogen and oxygen atoms in total. The Morgan fingerprint density at radius 1 is 0.672 bits per heavy atom. The predicted molar refractivity (Wildman–Crippen MR) is 255 cm³/mol. The lowest BCUT2D eigenvalue weighted by molar-refractivity contribution is -0.303. The Hall–Kier alpha value is -2.42. The van der Waals surface area contributed by atoms with Crippen molar-refractivity contribution in [3.05, 3.63) is 53.3 Å². The third-order valence-electron chi connectivity index (χ3n) is 13.1. The van der Waals surface area contributed by atoms with Crippen LogP contribution in [0.15, 0.2) is 36.7 Å². The number of hydrogen-bond donors (Lipinski definition) is 7. The molecule has 0 spiro atoms. The van der Waals surface area contributed by atoms with E-state index in [1.807, 2.05) is 0 Å². The van der Waals surface area contributed by atoms with Gasteiger partial charge in [0.1, 0.15) is 36.6 Å². The lowest BCUT2D eigenvalue weighted by Gasteiger charge is -2.40. The third kappa shape index (κ3) is 22.9. The number of rotatable bonds is 39. The van der Waals surface area contributed by atoms with Gasteiger partial charge in [-0.3, -0.25) is 9.48 Å². The number of nitrogens with zero attached hydrogens (tertiary/aromatic N) is 2. The Labute approximate surface area is 386 Å². The highest BCUT2D eigenvalue weighted by Crippen LogP contribution is 2.25. The molecule has 2 heterocycles. The van der Waals surface area contributed by atoms with Crippen molar-refractivity contribution in [3.63, 3.8) is 0 Å². The summed E-state index contributed by atoms with van der Waals surface area (Å²) in [5.41, 5.74) is 2.86. The second-order valence-electron chi connectivity index (χ2n) is 18.7. The number of aromatic nitrogens is 2. The zero-order chi connectivity index (χ0) is 46.2. The maximum absolute atomic E-state index is 13.2. The van der Waals surface area contributed by atoms with Crippen molar-refractivity contribution in [3.8, 4) is 0 Å². The Morgan fingerprint density at radius 2 is 1.14 bits per heavy atom. The molecule has 1 aromatic carbocycles. The van der Waals surface area contributed by atoms with E-state index in [1.54, 1.807) is 10.9 Å². The zero-order valence-corrected chi connectivity index (χ0v) is 40.0. The van der Waals surface area contributed by atoms with Crippen LogP contribution in [0.25, 0.3) is 0 Å². The number of nitrogens with one attached hydrogen (secondary N) is 1. The highest BCUT2D eigenvalue weighted by Gasteiger charge is 2.44. The molecule has 368 valence electrons. The molecule has 0 saturated carbocycles. The summed E-state index contributed by atoms with van der Waals surface area (Å²) in [6.45, 7) is 4.03. The van der Waals surface area contributed by atoms with Crippen LogP contribution in [0.4, 0.5) is 0 Å². The minimum atomic E-state index is -1.65. The summed E-state index contributed by atoms with van der Waals surface area (Å²) >= 11 is 0. The minimum absolute atomic E-state index is 0.232. The van der Waals surface area contributed by atoms with E-state index < -0.39 is 62.2 Å². The van der Waals surface area contributed by atoms with Crippen LogP contribution >= 0.6 is 0 Å². The van der Waals surface area contributed by atoms with Crippen LogP contribution < -0.4 is 5.32 Å². The second kappa shape index (κ2) is 34.8. The van der Waals surface area contributed by atoms with Crippen molar-refractivity contribution >= 4 is 5.91 Å². The Morgan fingerprint density at radius 3 is 1.64 bits per heavy atom. The quantitative estimate of drug-likeness (QED) is 0.0320. The fourth-order valence-electron chi connectivity index (χ4n) is 8.75. The van der Waals surface area contributed by atoms with E-state index >= 15 is 0 Å². The molecule has 7 N–H and O–H groups in total.